The van der Waals surface area contributed by atoms with E-state index in [1.807, 2.05) is 0 Å². The van der Waals surface area contributed by atoms with E-state index >= 15 is 0 Å². The number of nitrogens with one attached hydrogen (secondary N) is 1. The molecule has 2 aliphatic heterocycles. The minimum absolute atomic E-state index is 0.0357. The third kappa shape index (κ3) is 5.09. The van der Waals surface area contributed by atoms with Gasteiger partial charge in [0.05, 0.1) is 7.11 Å². The predicted molar refractivity (Wildman–Crippen MR) is 91.9 cm³/mol. The zero-order valence-corrected chi connectivity index (χ0v) is 15.7. The Morgan fingerprint density at radius 2 is 1.72 bits per heavy atom. The van der Waals surface area contributed by atoms with Gasteiger partial charge in [0.15, 0.2) is 0 Å². The van der Waals surface area contributed by atoms with Crippen LogP contribution in [-0.2, 0) is 19.1 Å². The molecule has 0 aliphatic carbocycles. The predicted octanol–water partition coefficient (Wildman–Crippen LogP) is 2.38. The fraction of sp³-hybridized carbons (Fsp3) is 0.833. The van der Waals surface area contributed by atoms with Crippen molar-refractivity contribution in [3.05, 3.63) is 0 Å². The summed E-state index contributed by atoms with van der Waals surface area (Å²) >= 11 is 0. The van der Waals surface area contributed by atoms with Gasteiger partial charge in [-0.3, -0.25) is 4.79 Å². The average molecular weight is 354 g/mol. The van der Waals surface area contributed by atoms with Crippen LogP contribution in [0.1, 0.15) is 65.7 Å². The first-order valence-electron chi connectivity index (χ1n) is 9.12. The molecule has 2 fully saturated rings. The van der Waals surface area contributed by atoms with E-state index in [9.17, 15) is 14.4 Å². The molecule has 3 atom stereocenters. The van der Waals surface area contributed by atoms with Crippen molar-refractivity contribution < 1.29 is 23.9 Å². The number of alkyl carbamates (subject to hydrolysis) is 1. The van der Waals surface area contributed by atoms with Crippen LogP contribution in [-0.4, -0.2) is 53.7 Å². The Labute approximate surface area is 149 Å². The summed E-state index contributed by atoms with van der Waals surface area (Å²) in [7, 11) is 1.34. The van der Waals surface area contributed by atoms with Crippen LogP contribution >= 0.6 is 0 Å². The van der Waals surface area contributed by atoms with Gasteiger partial charge in [0.25, 0.3) is 0 Å². The summed E-state index contributed by atoms with van der Waals surface area (Å²) in [5, 5.41) is 2.70. The average Bonchev–Trinajstić information content (AvgIpc) is 2.52. The van der Waals surface area contributed by atoms with Crippen LogP contribution in [0, 0.1) is 0 Å². The molecular weight excluding hydrogens is 324 g/mol. The van der Waals surface area contributed by atoms with Gasteiger partial charge in [-0.1, -0.05) is 12.8 Å². The lowest BCUT2D eigenvalue weighted by Crippen LogP contribution is -2.60. The molecule has 25 heavy (non-hydrogen) atoms. The summed E-state index contributed by atoms with van der Waals surface area (Å²) in [4.78, 5) is 39.0. The summed E-state index contributed by atoms with van der Waals surface area (Å²) in [6.45, 7) is 5.33. The van der Waals surface area contributed by atoms with Gasteiger partial charge in [-0.2, -0.15) is 0 Å². The van der Waals surface area contributed by atoms with E-state index < -0.39 is 23.8 Å². The first-order chi connectivity index (χ1) is 11.7. The maximum absolute atomic E-state index is 13.1. The molecule has 7 heteroatoms. The number of fused-ring (bicyclic) bond motifs is 1. The first-order valence-corrected chi connectivity index (χ1v) is 9.12. The molecule has 0 aromatic carbocycles. The van der Waals surface area contributed by atoms with Crippen LogP contribution in [0.15, 0.2) is 0 Å². The van der Waals surface area contributed by atoms with Crippen molar-refractivity contribution in [2.45, 2.75) is 89.4 Å². The zero-order chi connectivity index (χ0) is 18.6. The molecule has 1 N–H and O–H groups in total. The quantitative estimate of drug-likeness (QED) is 0.770. The third-order valence-electron chi connectivity index (χ3n) is 4.74. The van der Waals surface area contributed by atoms with Crippen molar-refractivity contribution >= 4 is 18.0 Å². The van der Waals surface area contributed by atoms with Crippen LogP contribution in [0.5, 0.6) is 0 Å². The molecule has 2 rings (SSSR count). The number of methoxy groups -OCH3 is 1. The van der Waals surface area contributed by atoms with Gasteiger partial charge in [0, 0.05) is 6.04 Å². The molecule has 2 heterocycles. The van der Waals surface area contributed by atoms with Crippen molar-refractivity contribution in [1.29, 1.82) is 0 Å². The highest BCUT2D eigenvalue weighted by atomic mass is 16.6. The van der Waals surface area contributed by atoms with Gasteiger partial charge in [-0.15, -0.1) is 0 Å². The molecule has 2 aliphatic rings. The van der Waals surface area contributed by atoms with Gasteiger partial charge >= 0.3 is 12.1 Å². The number of nitrogens with zero attached hydrogens (tertiary/aromatic N) is 1. The van der Waals surface area contributed by atoms with E-state index in [1.165, 1.54) is 7.11 Å². The van der Waals surface area contributed by atoms with Crippen molar-refractivity contribution in [3.63, 3.8) is 0 Å². The smallest absolute Gasteiger partial charge is 0.408 e. The van der Waals surface area contributed by atoms with E-state index in [1.54, 1.807) is 25.7 Å². The minimum Gasteiger partial charge on any atom is -0.467 e. The minimum atomic E-state index is -0.664. The lowest BCUT2D eigenvalue weighted by Gasteiger charge is -2.43. The molecule has 0 spiro atoms. The lowest BCUT2D eigenvalue weighted by molar-refractivity contribution is -0.159. The van der Waals surface area contributed by atoms with Gasteiger partial charge in [0.1, 0.15) is 17.7 Å². The molecule has 0 unspecified atom stereocenters. The van der Waals surface area contributed by atoms with Gasteiger partial charge in [-0.05, 0) is 52.9 Å². The maximum atomic E-state index is 13.1. The number of hydrogen-bond acceptors (Lipinski definition) is 5. The molecule has 7 nitrogen and oxygen atoms in total. The normalized spacial score (nSPS) is 27.6. The second kappa shape index (κ2) is 8.06. The van der Waals surface area contributed by atoms with Gasteiger partial charge in [-0.25, -0.2) is 9.59 Å². The highest BCUT2D eigenvalue weighted by molar-refractivity contribution is 5.90. The van der Waals surface area contributed by atoms with Crippen LogP contribution in [0.4, 0.5) is 4.79 Å². The standard InChI is InChI=1S/C18H30N2O5/c1-18(2,3)25-17(23)19-13-10-6-5-8-12-9-7-11-14(16(22)24-4)20(12)15(13)21/h12-14H,5-11H2,1-4H3,(H,19,23)/t12-,13-,14-/m0/s1. The highest BCUT2D eigenvalue weighted by Gasteiger charge is 2.42. The second-order valence-electron chi connectivity index (χ2n) is 7.85. The van der Waals surface area contributed by atoms with Crippen molar-refractivity contribution in [1.82, 2.24) is 10.2 Å². The second-order valence-corrected chi connectivity index (χ2v) is 7.85. The topological polar surface area (TPSA) is 84.9 Å². The summed E-state index contributed by atoms with van der Waals surface area (Å²) in [6, 6.07) is -1.19. The van der Waals surface area contributed by atoms with Crippen LogP contribution < -0.4 is 5.32 Å². The van der Waals surface area contributed by atoms with Gasteiger partial charge in [0.2, 0.25) is 5.91 Å². The largest absolute Gasteiger partial charge is 0.467 e. The van der Waals surface area contributed by atoms with Crippen molar-refractivity contribution in [3.8, 4) is 0 Å². The Kier molecular flexibility index (Phi) is 6.30. The Morgan fingerprint density at radius 3 is 2.36 bits per heavy atom. The number of piperidine rings is 1. The molecule has 2 amide bonds. The van der Waals surface area contributed by atoms with Crippen LogP contribution in [0.2, 0.25) is 0 Å². The van der Waals surface area contributed by atoms with Crippen LogP contribution in [0.25, 0.3) is 0 Å². The molecular formula is C18H30N2O5. The molecule has 0 bridgehead atoms. The van der Waals surface area contributed by atoms with Crippen LogP contribution in [0.3, 0.4) is 0 Å². The number of amides is 2. The number of ether oxygens (including phenoxy) is 2. The Hall–Kier alpha value is -1.79. The monoisotopic (exact) mass is 354 g/mol. The molecule has 0 aromatic heterocycles. The Balaban J connectivity index is 2.17. The Morgan fingerprint density at radius 1 is 1.08 bits per heavy atom. The fourth-order valence-electron chi connectivity index (χ4n) is 3.68. The van der Waals surface area contributed by atoms with E-state index in [0.717, 1.165) is 32.1 Å². The van der Waals surface area contributed by atoms with Crippen molar-refractivity contribution in [2.75, 3.05) is 7.11 Å². The number of esters is 1. The van der Waals surface area contributed by atoms with E-state index in [4.69, 9.17) is 9.47 Å². The SMILES string of the molecule is COC(=O)[C@@H]1CCC[C@@H]2CCCC[C@H](NC(=O)OC(C)(C)C)C(=O)N21. The van der Waals surface area contributed by atoms with E-state index in [-0.39, 0.29) is 17.9 Å². The Bertz CT molecular complexity index is 514. The summed E-state index contributed by atoms with van der Waals surface area (Å²) in [6.07, 6.45) is 5.06. The third-order valence-corrected chi connectivity index (χ3v) is 4.74. The van der Waals surface area contributed by atoms with Crippen molar-refractivity contribution in [2.24, 2.45) is 0 Å². The molecule has 0 aromatic rings. The van der Waals surface area contributed by atoms with E-state index in [2.05, 4.69) is 5.32 Å². The summed E-state index contributed by atoms with van der Waals surface area (Å²) in [5.41, 5.74) is -0.628. The summed E-state index contributed by atoms with van der Waals surface area (Å²) in [5.74, 6) is -0.583. The molecule has 2 saturated heterocycles. The number of carbonyl (C=O) groups is 3. The number of carbonyl (C=O) groups excluding carboxylic acids is 3. The van der Waals surface area contributed by atoms with Gasteiger partial charge < -0.3 is 19.7 Å². The summed E-state index contributed by atoms with van der Waals surface area (Å²) < 4.78 is 10.2. The lowest BCUT2D eigenvalue weighted by atomic mass is 9.88. The molecule has 0 saturated carbocycles. The highest BCUT2D eigenvalue weighted by Crippen LogP contribution is 2.30. The number of rotatable bonds is 2. The number of hydrogen-bond donors (Lipinski definition) is 1. The molecule has 0 radical (unpaired) electrons. The van der Waals surface area contributed by atoms with E-state index in [0.29, 0.717) is 12.8 Å². The fourth-order valence-corrected chi connectivity index (χ4v) is 3.68. The molecule has 142 valence electrons. The first kappa shape index (κ1) is 19.5. The maximum Gasteiger partial charge on any atom is 0.408 e. The zero-order valence-electron chi connectivity index (χ0n) is 15.7.